The maximum Gasteiger partial charge on any atom is 0.0715 e. The van der Waals surface area contributed by atoms with E-state index in [1.165, 1.54) is 28.5 Å². The number of nitrogens with zero attached hydrogens (tertiary/aromatic N) is 1. The van der Waals surface area contributed by atoms with Crippen LogP contribution in [0.5, 0.6) is 0 Å². The lowest BCUT2D eigenvalue weighted by Gasteiger charge is -2.33. The average molecular weight is 368 g/mol. The molecule has 0 aliphatic heterocycles. The molecule has 0 spiro atoms. The molecular weight excluding hydrogens is 338 g/mol. The van der Waals surface area contributed by atoms with Crippen LogP contribution in [0.15, 0.2) is 66.7 Å². The Morgan fingerprint density at radius 2 is 1.68 bits per heavy atom. The first kappa shape index (κ1) is 18.7. The molecule has 1 aliphatic carbocycles. The highest BCUT2D eigenvalue weighted by Gasteiger charge is 2.26. The van der Waals surface area contributed by atoms with Gasteiger partial charge in [-0.1, -0.05) is 87.5 Å². The van der Waals surface area contributed by atoms with Crippen LogP contribution in [0.25, 0.3) is 28.6 Å². The van der Waals surface area contributed by atoms with Crippen molar-refractivity contribution in [3.63, 3.8) is 0 Å². The van der Waals surface area contributed by atoms with E-state index in [2.05, 4.69) is 99.7 Å². The highest BCUT2D eigenvalue weighted by atomic mass is 14.7. The molecule has 1 atom stereocenters. The van der Waals surface area contributed by atoms with Crippen molar-refractivity contribution in [1.29, 1.82) is 0 Å². The first-order valence-electron chi connectivity index (χ1n) is 10.3. The lowest BCUT2D eigenvalue weighted by Crippen LogP contribution is -2.22. The van der Waals surface area contributed by atoms with Gasteiger partial charge in [-0.15, -0.1) is 0 Å². The smallest absolute Gasteiger partial charge is 0.0715 e. The van der Waals surface area contributed by atoms with Crippen LogP contribution in [0.4, 0.5) is 0 Å². The van der Waals surface area contributed by atoms with Gasteiger partial charge in [-0.3, -0.25) is 0 Å². The molecule has 0 fully saturated rings. The standard InChI is InChI=1S/C27H29N/c1-27(2,3)23-17-15-21(16-18-23)26-19-22(14-13-20-9-5-4-6-10-20)24-11-7-8-12-25(24)28-26/h4-15,19,23H,16-18H2,1-3H3/b14-13+. The summed E-state index contributed by atoms with van der Waals surface area (Å²) in [5.41, 5.74) is 6.45. The van der Waals surface area contributed by atoms with Gasteiger partial charge in [0, 0.05) is 5.39 Å². The number of fused-ring (bicyclic) bond motifs is 1. The zero-order valence-electron chi connectivity index (χ0n) is 17.2. The van der Waals surface area contributed by atoms with Crippen LogP contribution in [-0.4, -0.2) is 4.98 Å². The Hall–Kier alpha value is -2.67. The molecule has 142 valence electrons. The maximum absolute atomic E-state index is 5.00. The molecule has 1 heterocycles. The van der Waals surface area contributed by atoms with Gasteiger partial charge in [0.05, 0.1) is 11.2 Å². The summed E-state index contributed by atoms with van der Waals surface area (Å²) in [5, 5.41) is 1.21. The summed E-state index contributed by atoms with van der Waals surface area (Å²) >= 11 is 0. The Balaban J connectivity index is 1.71. The summed E-state index contributed by atoms with van der Waals surface area (Å²) in [6.45, 7) is 7.08. The minimum atomic E-state index is 0.377. The lowest BCUT2D eigenvalue weighted by molar-refractivity contribution is 0.225. The van der Waals surface area contributed by atoms with Crippen molar-refractivity contribution in [3.05, 3.63) is 83.6 Å². The molecule has 4 rings (SSSR count). The third-order valence-corrected chi connectivity index (χ3v) is 5.97. The van der Waals surface area contributed by atoms with Crippen molar-refractivity contribution in [2.75, 3.05) is 0 Å². The molecule has 0 saturated carbocycles. The fourth-order valence-electron chi connectivity index (χ4n) is 4.11. The van der Waals surface area contributed by atoms with E-state index >= 15 is 0 Å². The van der Waals surface area contributed by atoms with Crippen LogP contribution < -0.4 is 0 Å². The normalized spacial score (nSPS) is 17.8. The number of hydrogen-bond acceptors (Lipinski definition) is 1. The van der Waals surface area contributed by atoms with Crippen molar-refractivity contribution in [2.24, 2.45) is 11.3 Å². The van der Waals surface area contributed by atoms with Gasteiger partial charge in [-0.2, -0.15) is 0 Å². The summed E-state index contributed by atoms with van der Waals surface area (Å²) in [6.07, 6.45) is 10.4. The monoisotopic (exact) mass is 367 g/mol. The van der Waals surface area contributed by atoms with Gasteiger partial charge in [0.2, 0.25) is 0 Å². The maximum atomic E-state index is 5.00. The SMILES string of the molecule is CC(C)(C)C1CC=C(c2cc(/C=C/c3ccccc3)c3ccccc3n2)CC1. The molecule has 1 nitrogen and oxygen atoms in total. The molecule has 1 unspecified atom stereocenters. The van der Waals surface area contributed by atoms with Crippen LogP contribution in [0, 0.1) is 11.3 Å². The van der Waals surface area contributed by atoms with Crippen molar-refractivity contribution < 1.29 is 0 Å². The van der Waals surface area contributed by atoms with Crippen LogP contribution in [-0.2, 0) is 0 Å². The first-order chi connectivity index (χ1) is 13.5. The molecule has 1 aromatic heterocycles. The molecule has 0 radical (unpaired) electrons. The summed E-state index contributed by atoms with van der Waals surface area (Å²) < 4.78 is 0. The summed E-state index contributed by atoms with van der Waals surface area (Å²) in [5.74, 6) is 0.758. The molecule has 0 saturated heterocycles. The van der Waals surface area contributed by atoms with E-state index in [0.29, 0.717) is 5.41 Å². The predicted molar refractivity (Wildman–Crippen MR) is 122 cm³/mol. The van der Waals surface area contributed by atoms with Gasteiger partial charge in [-0.25, -0.2) is 4.98 Å². The third kappa shape index (κ3) is 4.09. The summed E-state index contributed by atoms with van der Waals surface area (Å²) in [6, 6.07) is 21.2. The van der Waals surface area contributed by atoms with Gasteiger partial charge >= 0.3 is 0 Å². The molecule has 0 N–H and O–H groups in total. The average Bonchev–Trinajstić information content (AvgIpc) is 2.72. The number of aromatic nitrogens is 1. The molecule has 0 bridgehead atoms. The van der Waals surface area contributed by atoms with E-state index in [4.69, 9.17) is 4.98 Å². The number of rotatable bonds is 3. The van der Waals surface area contributed by atoms with Crippen LogP contribution in [0.2, 0.25) is 0 Å². The van der Waals surface area contributed by atoms with Gasteiger partial charge in [0.25, 0.3) is 0 Å². The number of allylic oxidation sites excluding steroid dienone is 2. The van der Waals surface area contributed by atoms with Gasteiger partial charge in [0.1, 0.15) is 0 Å². The van der Waals surface area contributed by atoms with Crippen LogP contribution in [0.1, 0.15) is 56.9 Å². The molecule has 0 amide bonds. The third-order valence-electron chi connectivity index (χ3n) is 5.97. The van der Waals surface area contributed by atoms with Crippen molar-refractivity contribution in [1.82, 2.24) is 4.98 Å². The zero-order valence-corrected chi connectivity index (χ0v) is 17.2. The number of hydrogen-bond donors (Lipinski definition) is 0. The molecule has 3 aromatic rings. The second-order valence-corrected chi connectivity index (χ2v) is 8.92. The van der Waals surface area contributed by atoms with Crippen molar-refractivity contribution in [3.8, 4) is 0 Å². The highest BCUT2D eigenvalue weighted by molar-refractivity contribution is 5.92. The van der Waals surface area contributed by atoms with E-state index in [-0.39, 0.29) is 0 Å². The minimum absolute atomic E-state index is 0.377. The zero-order chi connectivity index (χ0) is 19.6. The first-order valence-corrected chi connectivity index (χ1v) is 10.3. The van der Waals surface area contributed by atoms with E-state index in [1.54, 1.807) is 0 Å². The van der Waals surface area contributed by atoms with Gasteiger partial charge in [0.15, 0.2) is 0 Å². The second-order valence-electron chi connectivity index (χ2n) is 8.92. The van der Waals surface area contributed by atoms with E-state index in [9.17, 15) is 0 Å². The number of pyridine rings is 1. The minimum Gasteiger partial charge on any atom is -0.248 e. The molecule has 2 aromatic carbocycles. The Labute approximate surface area is 168 Å². The van der Waals surface area contributed by atoms with Crippen molar-refractivity contribution >= 4 is 28.6 Å². The Morgan fingerprint density at radius 3 is 2.39 bits per heavy atom. The van der Waals surface area contributed by atoms with E-state index in [1.807, 2.05) is 0 Å². The fraction of sp³-hybridized carbons (Fsp3) is 0.296. The van der Waals surface area contributed by atoms with E-state index in [0.717, 1.165) is 30.0 Å². The summed E-state index contributed by atoms with van der Waals surface area (Å²) in [7, 11) is 0. The molecule has 1 aliphatic rings. The predicted octanol–water partition coefficient (Wildman–Crippen LogP) is 7.63. The fourth-order valence-corrected chi connectivity index (χ4v) is 4.11. The molecule has 28 heavy (non-hydrogen) atoms. The van der Waals surface area contributed by atoms with Crippen LogP contribution in [0.3, 0.4) is 0 Å². The molecule has 1 heteroatoms. The quantitative estimate of drug-likeness (QED) is 0.463. The number of benzene rings is 2. The largest absolute Gasteiger partial charge is 0.248 e. The summed E-state index contributed by atoms with van der Waals surface area (Å²) in [4.78, 5) is 5.00. The topological polar surface area (TPSA) is 12.9 Å². The van der Waals surface area contributed by atoms with Crippen LogP contribution >= 0.6 is 0 Å². The Morgan fingerprint density at radius 1 is 0.929 bits per heavy atom. The second kappa shape index (κ2) is 7.75. The van der Waals surface area contributed by atoms with Gasteiger partial charge < -0.3 is 0 Å². The lowest BCUT2D eigenvalue weighted by atomic mass is 9.73. The molecular formula is C27H29N. The van der Waals surface area contributed by atoms with Gasteiger partial charge in [-0.05, 0) is 59.4 Å². The van der Waals surface area contributed by atoms with Crippen molar-refractivity contribution in [2.45, 2.75) is 40.0 Å². The highest BCUT2D eigenvalue weighted by Crippen LogP contribution is 2.39. The Kier molecular flexibility index (Phi) is 5.17. The Bertz CT molecular complexity index is 1020. The van der Waals surface area contributed by atoms with E-state index < -0.39 is 0 Å². The number of para-hydroxylation sites is 1.